The molecule has 8 heteroatoms. The number of hydrogen-bond acceptors (Lipinski definition) is 5. The fourth-order valence-corrected chi connectivity index (χ4v) is 4.53. The topological polar surface area (TPSA) is 78.2 Å². The molecule has 2 heterocycles. The predicted octanol–water partition coefficient (Wildman–Crippen LogP) is 3.96. The van der Waals surface area contributed by atoms with Crippen LogP contribution in [-0.4, -0.2) is 32.9 Å². The number of methoxy groups -OCH3 is 1. The zero-order chi connectivity index (χ0) is 22.1. The normalized spacial score (nSPS) is 11.2. The molecule has 4 aromatic rings. The summed E-state index contributed by atoms with van der Waals surface area (Å²) in [5.74, 6) is 0.713. The van der Waals surface area contributed by atoms with Gasteiger partial charge in [-0.1, -0.05) is 30.0 Å². The van der Waals surface area contributed by atoms with Crippen molar-refractivity contribution in [1.29, 1.82) is 0 Å². The lowest BCUT2D eigenvalue weighted by Gasteiger charge is -2.11. The maximum Gasteiger partial charge on any atom is 0.278 e. The van der Waals surface area contributed by atoms with Crippen molar-refractivity contribution in [2.45, 2.75) is 25.5 Å². The van der Waals surface area contributed by atoms with Crippen molar-refractivity contribution in [2.24, 2.45) is 7.05 Å². The molecule has 2 aromatic carbocycles. The highest BCUT2D eigenvalue weighted by molar-refractivity contribution is 7.99. The molecular weight excluding hydrogens is 412 g/mol. The molecule has 4 rings (SSSR count). The Balaban J connectivity index is 1.72. The van der Waals surface area contributed by atoms with Gasteiger partial charge in [-0.3, -0.25) is 14.2 Å². The summed E-state index contributed by atoms with van der Waals surface area (Å²) >= 11 is 1.26. The van der Waals surface area contributed by atoms with Crippen LogP contribution in [0.5, 0.6) is 5.75 Å². The van der Waals surface area contributed by atoms with Gasteiger partial charge in [-0.05, 0) is 43.7 Å². The van der Waals surface area contributed by atoms with E-state index in [4.69, 9.17) is 9.72 Å². The van der Waals surface area contributed by atoms with E-state index >= 15 is 0 Å². The molecular formula is C23H24N4O3S. The lowest BCUT2D eigenvalue weighted by atomic mass is 10.2. The minimum atomic E-state index is -0.143. The molecule has 0 aliphatic rings. The van der Waals surface area contributed by atoms with Crippen molar-refractivity contribution >= 4 is 45.3 Å². The predicted molar refractivity (Wildman–Crippen MR) is 125 cm³/mol. The second-order valence-electron chi connectivity index (χ2n) is 7.23. The summed E-state index contributed by atoms with van der Waals surface area (Å²) in [5.41, 5.74) is 3.72. The minimum Gasteiger partial charge on any atom is -0.497 e. The van der Waals surface area contributed by atoms with Gasteiger partial charge in [0.15, 0.2) is 5.16 Å². The van der Waals surface area contributed by atoms with E-state index in [1.165, 1.54) is 11.8 Å². The Morgan fingerprint density at radius 2 is 2.00 bits per heavy atom. The van der Waals surface area contributed by atoms with Crippen molar-refractivity contribution in [3.8, 4) is 5.75 Å². The first-order valence-electron chi connectivity index (χ1n) is 9.99. The molecule has 2 aromatic heterocycles. The molecule has 0 atom stereocenters. The summed E-state index contributed by atoms with van der Waals surface area (Å²) in [6, 6.07) is 13.3. The molecule has 0 aliphatic carbocycles. The summed E-state index contributed by atoms with van der Waals surface area (Å²) in [7, 11) is 3.47. The third-order valence-electron chi connectivity index (χ3n) is 5.33. The Labute approximate surface area is 184 Å². The molecule has 0 saturated carbocycles. The number of aromatic nitrogens is 3. The fraction of sp³-hybridized carbons (Fsp3) is 0.261. The number of rotatable bonds is 6. The molecule has 0 bridgehead atoms. The molecule has 7 nitrogen and oxygen atoms in total. The molecule has 160 valence electrons. The number of amides is 1. The summed E-state index contributed by atoms with van der Waals surface area (Å²) < 4.78 is 8.83. The fourth-order valence-electron chi connectivity index (χ4n) is 3.68. The lowest BCUT2D eigenvalue weighted by Crippen LogP contribution is -2.24. The van der Waals surface area contributed by atoms with Crippen LogP contribution in [0.25, 0.3) is 21.9 Å². The van der Waals surface area contributed by atoms with Gasteiger partial charge in [0.2, 0.25) is 5.91 Å². The number of thioether (sulfide) groups is 1. The number of nitrogens with zero attached hydrogens (tertiary/aromatic N) is 3. The van der Waals surface area contributed by atoms with Crippen LogP contribution in [-0.2, 0) is 18.4 Å². The number of carbonyl (C=O) groups is 1. The molecule has 0 radical (unpaired) electrons. The summed E-state index contributed by atoms with van der Waals surface area (Å²) in [6.07, 6.45) is 0. The monoisotopic (exact) mass is 436 g/mol. The standard InChI is InChI=1S/C23H24N4O3S/c1-5-27-22(29)21-20(16-12-15(30-4)10-11-18(16)26(21)3)25-23(27)31-13-19(28)24-17-9-7-6-8-14(17)2/h6-12H,5,13H2,1-4H3,(H,24,28). The van der Waals surface area contributed by atoms with Crippen LogP contribution < -0.4 is 15.6 Å². The Kier molecular flexibility index (Phi) is 5.73. The molecule has 0 unspecified atom stereocenters. The summed E-state index contributed by atoms with van der Waals surface area (Å²) in [4.78, 5) is 30.6. The smallest absolute Gasteiger partial charge is 0.278 e. The van der Waals surface area contributed by atoms with E-state index in [-0.39, 0.29) is 17.2 Å². The average molecular weight is 437 g/mol. The van der Waals surface area contributed by atoms with Crippen molar-refractivity contribution in [2.75, 3.05) is 18.2 Å². The van der Waals surface area contributed by atoms with Crippen LogP contribution in [0, 0.1) is 6.92 Å². The summed E-state index contributed by atoms with van der Waals surface area (Å²) in [5, 5.41) is 4.30. The zero-order valence-electron chi connectivity index (χ0n) is 17.9. The number of benzene rings is 2. The van der Waals surface area contributed by atoms with Crippen LogP contribution in [0.4, 0.5) is 5.69 Å². The summed E-state index contributed by atoms with van der Waals surface area (Å²) in [6.45, 7) is 4.31. The second kappa shape index (κ2) is 8.47. The van der Waals surface area contributed by atoms with E-state index in [1.54, 1.807) is 11.7 Å². The van der Waals surface area contributed by atoms with Crippen molar-refractivity contribution in [3.63, 3.8) is 0 Å². The molecule has 0 saturated heterocycles. The van der Waals surface area contributed by atoms with Crippen molar-refractivity contribution < 1.29 is 9.53 Å². The number of hydrogen-bond donors (Lipinski definition) is 1. The van der Waals surface area contributed by atoms with Gasteiger partial charge in [0, 0.05) is 24.7 Å². The molecule has 0 spiro atoms. The van der Waals surface area contributed by atoms with E-state index in [0.29, 0.717) is 28.5 Å². The largest absolute Gasteiger partial charge is 0.497 e. The van der Waals surface area contributed by atoms with Crippen LogP contribution >= 0.6 is 11.8 Å². The van der Waals surface area contributed by atoms with Crippen LogP contribution in [0.3, 0.4) is 0 Å². The lowest BCUT2D eigenvalue weighted by molar-refractivity contribution is -0.113. The van der Waals surface area contributed by atoms with Crippen LogP contribution in [0.2, 0.25) is 0 Å². The average Bonchev–Trinajstić information content (AvgIpc) is 3.05. The number of carbonyl (C=O) groups excluding carboxylic acids is 1. The van der Waals surface area contributed by atoms with Gasteiger partial charge in [-0.15, -0.1) is 0 Å². The van der Waals surface area contributed by atoms with Gasteiger partial charge >= 0.3 is 0 Å². The molecule has 1 N–H and O–H groups in total. The highest BCUT2D eigenvalue weighted by atomic mass is 32.2. The quantitative estimate of drug-likeness (QED) is 0.366. The molecule has 0 aliphatic heterocycles. The van der Waals surface area contributed by atoms with Gasteiger partial charge in [0.05, 0.1) is 18.4 Å². The number of ether oxygens (including phenoxy) is 1. The van der Waals surface area contributed by atoms with Crippen LogP contribution in [0.1, 0.15) is 12.5 Å². The van der Waals surface area contributed by atoms with Crippen molar-refractivity contribution in [3.05, 3.63) is 58.4 Å². The van der Waals surface area contributed by atoms with Gasteiger partial charge in [0.1, 0.15) is 16.8 Å². The minimum absolute atomic E-state index is 0.119. The molecule has 0 fully saturated rings. The number of aryl methyl sites for hydroxylation is 2. The SMILES string of the molecule is CCn1c(SCC(=O)Nc2ccccc2C)nc2c3cc(OC)ccc3n(C)c2c1=O. The van der Waals surface area contributed by atoms with Gasteiger partial charge < -0.3 is 14.6 Å². The van der Waals surface area contributed by atoms with Crippen LogP contribution in [0.15, 0.2) is 52.4 Å². The van der Waals surface area contributed by atoms with E-state index in [1.807, 2.05) is 67.9 Å². The van der Waals surface area contributed by atoms with Gasteiger partial charge in [-0.2, -0.15) is 0 Å². The number of fused-ring (bicyclic) bond motifs is 3. The third kappa shape index (κ3) is 3.79. The Hall–Kier alpha value is -3.26. The molecule has 31 heavy (non-hydrogen) atoms. The van der Waals surface area contributed by atoms with Gasteiger partial charge in [0.25, 0.3) is 5.56 Å². The van der Waals surface area contributed by atoms with E-state index in [0.717, 1.165) is 22.2 Å². The highest BCUT2D eigenvalue weighted by Crippen LogP contribution is 2.30. The number of anilines is 1. The first kappa shape index (κ1) is 21.0. The Bertz CT molecular complexity index is 1360. The Morgan fingerprint density at radius 3 is 2.71 bits per heavy atom. The zero-order valence-corrected chi connectivity index (χ0v) is 18.7. The number of para-hydroxylation sites is 1. The van der Waals surface area contributed by atoms with Gasteiger partial charge in [-0.25, -0.2) is 4.98 Å². The first-order chi connectivity index (χ1) is 14.9. The van der Waals surface area contributed by atoms with E-state index in [2.05, 4.69) is 5.32 Å². The maximum atomic E-state index is 13.3. The third-order valence-corrected chi connectivity index (χ3v) is 6.31. The van der Waals surface area contributed by atoms with Crippen molar-refractivity contribution in [1.82, 2.24) is 14.1 Å². The molecule has 1 amide bonds. The van der Waals surface area contributed by atoms with E-state index in [9.17, 15) is 9.59 Å². The maximum absolute atomic E-state index is 13.3. The highest BCUT2D eigenvalue weighted by Gasteiger charge is 2.19. The first-order valence-corrected chi connectivity index (χ1v) is 11.0. The van der Waals surface area contributed by atoms with E-state index < -0.39 is 0 Å². The number of nitrogens with one attached hydrogen (secondary N) is 1. The Morgan fingerprint density at radius 1 is 1.23 bits per heavy atom. The second-order valence-corrected chi connectivity index (χ2v) is 8.18.